The Hall–Kier alpha value is -2.12. The van der Waals surface area contributed by atoms with Crippen LogP contribution in [0.2, 0.25) is 0 Å². The van der Waals surface area contributed by atoms with Gasteiger partial charge in [-0.1, -0.05) is 12.1 Å². The van der Waals surface area contributed by atoms with Gasteiger partial charge >= 0.3 is 0 Å². The molecule has 7 heteroatoms. The quantitative estimate of drug-likeness (QED) is 0.741. The molecule has 2 aromatic rings. The highest BCUT2D eigenvalue weighted by molar-refractivity contribution is 7.89. The summed E-state index contributed by atoms with van der Waals surface area (Å²) in [5.41, 5.74) is 0. The summed E-state index contributed by atoms with van der Waals surface area (Å²) in [5, 5.41) is 0. The lowest BCUT2D eigenvalue weighted by molar-refractivity contribution is 0.269. The number of halogens is 1. The molecule has 0 amide bonds. The van der Waals surface area contributed by atoms with Crippen LogP contribution in [-0.2, 0) is 10.0 Å². The van der Waals surface area contributed by atoms with Gasteiger partial charge in [-0.2, -0.15) is 4.31 Å². The predicted molar refractivity (Wildman–Crippen MR) is 96.4 cm³/mol. The van der Waals surface area contributed by atoms with Crippen molar-refractivity contribution in [3.05, 3.63) is 54.3 Å². The minimum Gasteiger partial charge on any atom is -0.497 e. The van der Waals surface area contributed by atoms with Crippen LogP contribution in [-0.4, -0.2) is 39.5 Å². The SMILES string of the molecule is COc1ccc(S(=O)(=O)N2CCC(CCOc3ccccc3F)C2)cc1. The number of benzene rings is 2. The maximum Gasteiger partial charge on any atom is 0.243 e. The second-order valence-corrected chi connectivity index (χ2v) is 8.20. The Bertz CT molecular complexity index is 839. The summed E-state index contributed by atoms with van der Waals surface area (Å²) in [6.07, 6.45) is 1.46. The molecule has 0 spiro atoms. The first kappa shape index (κ1) is 18.7. The average Bonchev–Trinajstić information content (AvgIpc) is 3.13. The van der Waals surface area contributed by atoms with Crippen molar-refractivity contribution in [3.8, 4) is 11.5 Å². The van der Waals surface area contributed by atoms with Crippen LogP contribution in [0.1, 0.15) is 12.8 Å². The lowest BCUT2D eigenvalue weighted by atomic mass is 10.1. The number of ether oxygens (including phenoxy) is 2. The molecule has 1 unspecified atom stereocenters. The molecule has 3 rings (SSSR count). The van der Waals surface area contributed by atoms with Gasteiger partial charge in [0.25, 0.3) is 0 Å². The van der Waals surface area contributed by atoms with E-state index in [1.54, 1.807) is 42.5 Å². The minimum absolute atomic E-state index is 0.204. The number of para-hydroxylation sites is 1. The summed E-state index contributed by atoms with van der Waals surface area (Å²) in [5.74, 6) is 0.666. The van der Waals surface area contributed by atoms with Crippen LogP contribution in [0.4, 0.5) is 4.39 Å². The van der Waals surface area contributed by atoms with Gasteiger partial charge in [-0.15, -0.1) is 0 Å². The van der Waals surface area contributed by atoms with Gasteiger partial charge in [-0.3, -0.25) is 0 Å². The number of nitrogens with zero attached hydrogens (tertiary/aromatic N) is 1. The maximum atomic E-state index is 13.5. The smallest absolute Gasteiger partial charge is 0.243 e. The number of hydrogen-bond donors (Lipinski definition) is 0. The molecule has 1 atom stereocenters. The van der Waals surface area contributed by atoms with Gasteiger partial charge in [0.05, 0.1) is 18.6 Å². The zero-order chi connectivity index (χ0) is 18.6. The molecule has 0 aliphatic carbocycles. The zero-order valence-electron chi connectivity index (χ0n) is 14.6. The summed E-state index contributed by atoms with van der Waals surface area (Å²) < 4.78 is 51.0. The van der Waals surface area contributed by atoms with Gasteiger partial charge in [-0.25, -0.2) is 12.8 Å². The number of sulfonamides is 1. The van der Waals surface area contributed by atoms with Crippen molar-refractivity contribution in [3.63, 3.8) is 0 Å². The van der Waals surface area contributed by atoms with Gasteiger partial charge in [0, 0.05) is 13.1 Å². The third kappa shape index (κ3) is 4.16. The highest BCUT2D eigenvalue weighted by atomic mass is 32.2. The molecule has 0 radical (unpaired) electrons. The molecular formula is C19H22FNO4S. The summed E-state index contributed by atoms with van der Waals surface area (Å²) in [7, 11) is -1.96. The first-order valence-corrected chi connectivity index (χ1v) is 9.96. The molecule has 1 fully saturated rings. The first-order chi connectivity index (χ1) is 12.5. The molecular weight excluding hydrogens is 357 g/mol. The molecule has 1 aliphatic rings. The van der Waals surface area contributed by atoms with Crippen molar-refractivity contribution in [1.82, 2.24) is 4.31 Å². The second kappa shape index (κ2) is 8.05. The summed E-state index contributed by atoms with van der Waals surface area (Å²) in [4.78, 5) is 0.265. The third-order valence-electron chi connectivity index (χ3n) is 4.57. The van der Waals surface area contributed by atoms with E-state index >= 15 is 0 Å². The van der Waals surface area contributed by atoms with E-state index in [4.69, 9.17) is 9.47 Å². The highest BCUT2D eigenvalue weighted by Crippen LogP contribution is 2.27. The van der Waals surface area contributed by atoms with E-state index in [2.05, 4.69) is 0 Å². The van der Waals surface area contributed by atoms with Crippen molar-refractivity contribution < 1.29 is 22.3 Å². The molecule has 1 heterocycles. The van der Waals surface area contributed by atoms with Crippen LogP contribution in [0.5, 0.6) is 11.5 Å². The van der Waals surface area contributed by atoms with Crippen LogP contribution in [0.3, 0.4) is 0 Å². The van der Waals surface area contributed by atoms with Gasteiger partial charge in [0.15, 0.2) is 11.6 Å². The van der Waals surface area contributed by atoms with E-state index in [0.29, 0.717) is 31.9 Å². The Labute approximate surface area is 153 Å². The van der Waals surface area contributed by atoms with Crippen molar-refractivity contribution in [2.24, 2.45) is 5.92 Å². The fourth-order valence-electron chi connectivity index (χ4n) is 3.05. The van der Waals surface area contributed by atoms with Crippen molar-refractivity contribution in [2.45, 2.75) is 17.7 Å². The van der Waals surface area contributed by atoms with Gasteiger partial charge in [0.1, 0.15) is 5.75 Å². The topological polar surface area (TPSA) is 55.8 Å². The van der Waals surface area contributed by atoms with Gasteiger partial charge in [0.2, 0.25) is 10.0 Å². The Kier molecular flexibility index (Phi) is 5.78. The Morgan fingerprint density at radius 1 is 1.15 bits per heavy atom. The van der Waals surface area contributed by atoms with E-state index in [1.165, 1.54) is 17.5 Å². The minimum atomic E-state index is -3.50. The third-order valence-corrected chi connectivity index (χ3v) is 6.45. The van der Waals surface area contributed by atoms with E-state index in [-0.39, 0.29) is 22.4 Å². The lowest BCUT2D eigenvalue weighted by Crippen LogP contribution is -2.29. The van der Waals surface area contributed by atoms with E-state index in [9.17, 15) is 12.8 Å². The number of hydrogen-bond acceptors (Lipinski definition) is 4. The molecule has 5 nitrogen and oxygen atoms in total. The zero-order valence-corrected chi connectivity index (χ0v) is 15.4. The van der Waals surface area contributed by atoms with Crippen molar-refractivity contribution in [1.29, 1.82) is 0 Å². The Morgan fingerprint density at radius 3 is 2.58 bits per heavy atom. The standard InChI is InChI=1S/C19H22FNO4S/c1-24-16-6-8-17(9-7-16)26(22,23)21-12-10-15(14-21)11-13-25-19-5-3-2-4-18(19)20/h2-9,15H,10-14H2,1H3. The van der Waals surface area contributed by atoms with Gasteiger partial charge in [-0.05, 0) is 55.2 Å². The monoisotopic (exact) mass is 379 g/mol. The van der Waals surface area contributed by atoms with Crippen molar-refractivity contribution >= 4 is 10.0 Å². The van der Waals surface area contributed by atoms with E-state index < -0.39 is 10.0 Å². The molecule has 2 aromatic carbocycles. The molecule has 26 heavy (non-hydrogen) atoms. The van der Waals surface area contributed by atoms with Crippen LogP contribution in [0, 0.1) is 11.7 Å². The normalized spacial score (nSPS) is 18.0. The molecule has 1 aliphatic heterocycles. The van der Waals surface area contributed by atoms with E-state index in [0.717, 1.165) is 6.42 Å². The maximum absolute atomic E-state index is 13.5. The van der Waals surface area contributed by atoms with Crippen LogP contribution < -0.4 is 9.47 Å². The van der Waals surface area contributed by atoms with Crippen LogP contribution in [0.25, 0.3) is 0 Å². The summed E-state index contributed by atoms with van der Waals surface area (Å²) in [6.45, 7) is 1.30. The first-order valence-electron chi connectivity index (χ1n) is 8.52. The number of methoxy groups -OCH3 is 1. The summed E-state index contributed by atoms with van der Waals surface area (Å²) in [6, 6.07) is 12.7. The van der Waals surface area contributed by atoms with E-state index in [1.807, 2.05) is 0 Å². The Morgan fingerprint density at radius 2 is 1.88 bits per heavy atom. The van der Waals surface area contributed by atoms with Crippen molar-refractivity contribution in [2.75, 3.05) is 26.8 Å². The number of rotatable bonds is 7. The fourth-order valence-corrected chi connectivity index (χ4v) is 4.58. The second-order valence-electron chi connectivity index (χ2n) is 6.26. The summed E-state index contributed by atoms with van der Waals surface area (Å²) >= 11 is 0. The highest BCUT2D eigenvalue weighted by Gasteiger charge is 2.32. The Balaban J connectivity index is 1.55. The van der Waals surface area contributed by atoms with Gasteiger partial charge < -0.3 is 9.47 Å². The average molecular weight is 379 g/mol. The molecule has 0 N–H and O–H groups in total. The molecule has 0 saturated carbocycles. The molecule has 140 valence electrons. The fraction of sp³-hybridized carbons (Fsp3) is 0.368. The molecule has 0 aromatic heterocycles. The predicted octanol–water partition coefficient (Wildman–Crippen LogP) is 3.31. The van der Waals surface area contributed by atoms with Crippen LogP contribution in [0.15, 0.2) is 53.4 Å². The lowest BCUT2D eigenvalue weighted by Gasteiger charge is -2.17. The molecule has 0 bridgehead atoms. The van der Waals surface area contributed by atoms with Crippen LogP contribution >= 0.6 is 0 Å². The largest absolute Gasteiger partial charge is 0.497 e. The molecule has 1 saturated heterocycles.